The van der Waals surface area contributed by atoms with Crippen LogP contribution in [0.2, 0.25) is 5.02 Å². The SMILES string of the molecule is COC(=O)c1cc([N+](=O)[O-])c(C[C@@H](NC(=O)OC(C)(C)C)C(=O)S)cc1Cl. The van der Waals surface area contributed by atoms with E-state index in [1.807, 2.05) is 0 Å². The van der Waals surface area contributed by atoms with Crippen LogP contribution in [0.25, 0.3) is 0 Å². The highest BCUT2D eigenvalue weighted by Crippen LogP contribution is 2.29. The van der Waals surface area contributed by atoms with Crippen LogP contribution in [0.4, 0.5) is 10.5 Å². The number of halogens is 1. The summed E-state index contributed by atoms with van der Waals surface area (Å²) in [4.78, 5) is 45.9. The van der Waals surface area contributed by atoms with E-state index in [-0.39, 0.29) is 22.6 Å². The van der Waals surface area contributed by atoms with Gasteiger partial charge in [-0.15, -0.1) is 12.6 Å². The number of ether oxygens (including phenoxy) is 2. The van der Waals surface area contributed by atoms with Crippen LogP contribution in [0.3, 0.4) is 0 Å². The molecular formula is C16H19ClN2O7S. The zero-order valence-electron chi connectivity index (χ0n) is 15.1. The summed E-state index contributed by atoms with van der Waals surface area (Å²) in [5, 5.41) is 12.8. The number of carbonyl (C=O) groups excluding carboxylic acids is 3. The first-order chi connectivity index (χ1) is 12.4. The number of nitrogens with zero attached hydrogens (tertiary/aromatic N) is 1. The molecule has 0 heterocycles. The number of amides is 1. The van der Waals surface area contributed by atoms with E-state index >= 15 is 0 Å². The number of methoxy groups -OCH3 is 1. The first-order valence-electron chi connectivity index (χ1n) is 7.63. The monoisotopic (exact) mass is 418 g/mol. The summed E-state index contributed by atoms with van der Waals surface area (Å²) >= 11 is 9.70. The third-order valence-corrected chi connectivity index (χ3v) is 3.81. The van der Waals surface area contributed by atoms with Crippen molar-refractivity contribution in [2.45, 2.75) is 38.8 Å². The molecule has 0 saturated carbocycles. The van der Waals surface area contributed by atoms with Crippen molar-refractivity contribution in [2.24, 2.45) is 0 Å². The molecule has 1 rings (SSSR count). The highest BCUT2D eigenvalue weighted by molar-refractivity contribution is 7.96. The first-order valence-corrected chi connectivity index (χ1v) is 8.45. The molecule has 0 fully saturated rings. The predicted octanol–water partition coefficient (Wildman–Crippen LogP) is 2.93. The maximum Gasteiger partial charge on any atom is 0.408 e. The normalized spacial score (nSPS) is 12.1. The van der Waals surface area contributed by atoms with Gasteiger partial charge in [-0.3, -0.25) is 14.9 Å². The van der Waals surface area contributed by atoms with Crippen LogP contribution in [0, 0.1) is 10.1 Å². The number of hydrogen-bond acceptors (Lipinski definition) is 7. The van der Waals surface area contributed by atoms with Crippen molar-refractivity contribution in [1.82, 2.24) is 5.32 Å². The van der Waals surface area contributed by atoms with Crippen molar-refractivity contribution in [3.8, 4) is 0 Å². The van der Waals surface area contributed by atoms with Gasteiger partial charge in [0.15, 0.2) is 0 Å². The lowest BCUT2D eigenvalue weighted by Crippen LogP contribution is -2.43. The van der Waals surface area contributed by atoms with Gasteiger partial charge in [-0.25, -0.2) is 9.59 Å². The van der Waals surface area contributed by atoms with Crippen molar-refractivity contribution in [3.05, 3.63) is 38.4 Å². The maximum absolute atomic E-state index is 11.9. The Bertz CT molecular complexity index is 777. The van der Waals surface area contributed by atoms with E-state index in [0.29, 0.717) is 0 Å². The lowest BCUT2D eigenvalue weighted by Gasteiger charge is -2.22. The Morgan fingerprint density at radius 1 is 1.33 bits per heavy atom. The van der Waals surface area contributed by atoms with Gasteiger partial charge in [-0.1, -0.05) is 11.6 Å². The van der Waals surface area contributed by atoms with Crippen LogP contribution in [0.5, 0.6) is 0 Å². The van der Waals surface area contributed by atoms with Gasteiger partial charge in [-0.2, -0.15) is 0 Å². The highest BCUT2D eigenvalue weighted by atomic mass is 35.5. The van der Waals surface area contributed by atoms with Gasteiger partial charge >= 0.3 is 12.1 Å². The molecule has 1 atom stereocenters. The van der Waals surface area contributed by atoms with E-state index in [4.69, 9.17) is 16.3 Å². The van der Waals surface area contributed by atoms with Crippen molar-refractivity contribution >= 4 is 47.1 Å². The van der Waals surface area contributed by atoms with Gasteiger partial charge in [-0.05, 0) is 26.8 Å². The molecule has 0 aliphatic carbocycles. The third-order valence-electron chi connectivity index (χ3n) is 3.18. The van der Waals surface area contributed by atoms with E-state index < -0.39 is 39.4 Å². The third kappa shape index (κ3) is 6.72. The van der Waals surface area contributed by atoms with Crippen molar-refractivity contribution in [1.29, 1.82) is 0 Å². The van der Waals surface area contributed by atoms with Gasteiger partial charge in [0.2, 0.25) is 5.12 Å². The van der Waals surface area contributed by atoms with Gasteiger partial charge in [0.1, 0.15) is 11.6 Å². The molecule has 0 aliphatic rings. The number of benzene rings is 1. The Kier molecular flexibility index (Phi) is 7.61. The minimum Gasteiger partial charge on any atom is -0.465 e. The van der Waals surface area contributed by atoms with Crippen molar-refractivity contribution in [2.75, 3.05) is 7.11 Å². The second-order valence-electron chi connectivity index (χ2n) is 6.45. The lowest BCUT2D eigenvalue weighted by atomic mass is 10.0. The Morgan fingerprint density at radius 2 is 1.93 bits per heavy atom. The van der Waals surface area contributed by atoms with Crippen LogP contribution in [-0.2, 0) is 20.7 Å². The number of rotatable bonds is 6. The number of nitrogens with one attached hydrogen (secondary N) is 1. The van der Waals surface area contributed by atoms with Crippen molar-refractivity contribution in [3.63, 3.8) is 0 Å². The summed E-state index contributed by atoms with van der Waals surface area (Å²) in [6, 6.07) is 0.922. The van der Waals surface area contributed by atoms with E-state index in [2.05, 4.69) is 22.7 Å². The summed E-state index contributed by atoms with van der Waals surface area (Å²) in [6.45, 7) is 4.92. The fourth-order valence-electron chi connectivity index (χ4n) is 2.07. The molecular weight excluding hydrogens is 400 g/mol. The number of nitro groups is 1. The summed E-state index contributed by atoms with van der Waals surface area (Å²) in [5.74, 6) is -0.844. The van der Waals surface area contributed by atoms with Gasteiger partial charge in [0, 0.05) is 18.1 Å². The average molecular weight is 419 g/mol. The lowest BCUT2D eigenvalue weighted by molar-refractivity contribution is -0.385. The van der Waals surface area contributed by atoms with Crippen LogP contribution < -0.4 is 5.32 Å². The van der Waals surface area contributed by atoms with E-state index in [0.717, 1.165) is 13.2 Å². The number of esters is 1. The van der Waals surface area contributed by atoms with Crippen LogP contribution in [0.15, 0.2) is 12.1 Å². The van der Waals surface area contributed by atoms with Crippen LogP contribution in [0.1, 0.15) is 36.7 Å². The van der Waals surface area contributed by atoms with Gasteiger partial charge in [0.25, 0.3) is 5.69 Å². The second-order valence-corrected chi connectivity index (χ2v) is 7.30. The molecule has 0 spiro atoms. The Hall–Kier alpha value is -2.33. The largest absolute Gasteiger partial charge is 0.465 e. The van der Waals surface area contributed by atoms with Crippen molar-refractivity contribution < 1.29 is 28.8 Å². The fourth-order valence-corrected chi connectivity index (χ4v) is 2.49. The van der Waals surface area contributed by atoms with E-state index in [1.54, 1.807) is 20.8 Å². The van der Waals surface area contributed by atoms with Gasteiger partial charge < -0.3 is 14.8 Å². The molecule has 0 aromatic heterocycles. The summed E-state index contributed by atoms with van der Waals surface area (Å²) < 4.78 is 9.59. The minimum atomic E-state index is -1.21. The number of hydrogen-bond donors (Lipinski definition) is 2. The molecule has 27 heavy (non-hydrogen) atoms. The molecule has 0 unspecified atom stereocenters. The molecule has 1 amide bonds. The molecule has 0 bridgehead atoms. The molecule has 0 aliphatic heterocycles. The molecule has 0 radical (unpaired) electrons. The molecule has 11 heteroatoms. The predicted molar refractivity (Wildman–Crippen MR) is 100 cm³/mol. The topological polar surface area (TPSA) is 125 Å². The highest BCUT2D eigenvalue weighted by Gasteiger charge is 2.28. The Balaban J connectivity index is 3.20. The molecule has 1 N–H and O–H groups in total. The summed E-state index contributed by atoms with van der Waals surface area (Å²) in [6.07, 6.45) is -1.16. The quantitative estimate of drug-likeness (QED) is 0.315. The van der Waals surface area contributed by atoms with E-state index in [9.17, 15) is 24.5 Å². The van der Waals surface area contributed by atoms with Gasteiger partial charge in [0.05, 0.1) is 22.6 Å². The molecule has 148 valence electrons. The zero-order valence-corrected chi connectivity index (χ0v) is 16.7. The molecule has 9 nitrogen and oxygen atoms in total. The fraction of sp³-hybridized carbons (Fsp3) is 0.438. The Labute approximate surface area is 165 Å². The van der Waals surface area contributed by atoms with Crippen LogP contribution in [-0.4, -0.2) is 40.9 Å². The smallest absolute Gasteiger partial charge is 0.408 e. The number of carbonyl (C=O) groups is 3. The standard InChI is InChI=1S/C16H19ClN2O7S/c1-16(2,3)26-15(22)18-11(14(21)27)6-8-5-10(17)9(13(20)25-4)7-12(8)19(23)24/h5,7,11H,6H2,1-4H3,(H,18,22)(H,21,27)/t11-/m1/s1. The first kappa shape index (κ1) is 22.7. The number of alkyl carbamates (subject to hydrolysis) is 1. The average Bonchev–Trinajstić information content (AvgIpc) is 2.51. The zero-order chi connectivity index (χ0) is 20.9. The van der Waals surface area contributed by atoms with E-state index in [1.165, 1.54) is 6.07 Å². The Morgan fingerprint density at radius 3 is 2.37 bits per heavy atom. The summed E-state index contributed by atoms with van der Waals surface area (Å²) in [7, 11) is 1.11. The minimum absolute atomic E-state index is 0.0288. The number of nitro benzene ring substituents is 1. The number of thiol groups is 1. The maximum atomic E-state index is 11.9. The molecule has 1 aromatic rings. The van der Waals surface area contributed by atoms with Crippen LogP contribution >= 0.6 is 24.2 Å². The molecule has 0 saturated heterocycles. The summed E-state index contributed by atoms with van der Waals surface area (Å²) in [5.41, 5.74) is -1.42. The second kappa shape index (κ2) is 9.05. The molecule has 1 aromatic carbocycles.